The summed E-state index contributed by atoms with van der Waals surface area (Å²) in [5, 5.41) is 0. The summed E-state index contributed by atoms with van der Waals surface area (Å²) < 4.78 is 13.0. The molecule has 0 saturated carbocycles. The number of methoxy groups -OCH3 is 1. The molecule has 1 aliphatic heterocycles. The Kier molecular flexibility index (Phi) is 4.74. The molecule has 22 heavy (non-hydrogen) atoms. The van der Waals surface area contributed by atoms with Gasteiger partial charge in [-0.1, -0.05) is 0 Å². The second-order valence-corrected chi connectivity index (χ2v) is 6.01. The van der Waals surface area contributed by atoms with Gasteiger partial charge in [-0.15, -0.1) is 0 Å². The lowest BCUT2D eigenvalue weighted by Gasteiger charge is -2.33. The van der Waals surface area contributed by atoms with Crippen LogP contribution in [0, 0.1) is 0 Å². The van der Waals surface area contributed by atoms with Crippen molar-refractivity contribution in [1.82, 2.24) is 4.90 Å². The number of carbonyl (C=O) groups is 1. The highest BCUT2D eigenvalue weighted by Crippen LogP contribution is 2.30. The molecule has 5 nitrogen and oxygen atoms in total. The lowest BCUT2D eigenvalue weighted by molar-refractivity contribution is -0.496. The van der Waals surface area contributed by atoms with Gasteiger partial charge in [-0.3, -0.25) is 0 Å². The van der Waals surface area contributed by atoms with E-state index in [4.69, 9.17) is 9.47 Å². The van der Waals surface area contributed by atoms with Gasteiger partial charge >= 0.3 is 6.03 Å². The number of benzene rings is 1. The normalized spacial score (nSPS) is 19.0. The van der Waals surface area contributed by atoms with E-state index in [0.717, 1.165) is 11.3 Å². The number of carbonyl (C=O) groups excluding carboxylic acids is 1. The Morgan fingerprint density at radius 1 is 1.18 bits per heavy atom. The fourth-order valence-corrected chi connectivity index (χ4v) is 2.71. The maximum atomic E-state index is 12.9. The van der Waals surface area contributed by atoms with Gasteiger partial charge in [0.1, 0.15) is 11.8 Å². The van der Waals surface area contributed by atoms with Crippen LogP contribution in [0.25, 0.3) is 0 Å². The molecule has 0 fully saturated rings. The standard InChI is InChI=1S/C17H25N2O3/c1-11(2)18-13(5)22-16(19(12(3)4)17(18)20)14-7-9-15(21-6)10-8-14/h7-12,16H,1-6H3/q+1. The van der Waals surface area contributed by atoms with Crippen LogP contribution in [-0.4, -0.2) is 40.6 Å². The minimum absolute atomic E-state index is 0.0189. The molecule has 1 unspecified atom stereocenters. The average molecular weight is 305 g/mol. The van der Waals surface area contributed by atoms with Crippen molar-refractivity contribution in [3.05, 3.63) is 29.8 Å². The molecule has 0 bridgehead atoms. The molecule has 2 rings (SSSR count). The van der Waals surface area contributed by atoms with Crippen molar-refractivity contribution < 1.29 is 18.8 Å². The molecule has 5 heteroatoms. The van der Waals surface area contributed by atoms with E-state index < -0.39 is 6.23 Å². The van der Waals surface area contributed by atoms with Crippen LogP contribution in [0.3, 0.4) is 0 Å². The summed E-state index contributed by atoms with van der Waals surface area (Å²) in [5.41, 5.74) is 0.936. The van der Waals surface area contributed by atoms with E-state index in [-0.39, 0.29) is 18.1 Å². The zero-order chi connectivity index (χ0) is 16.4. The van der Waals surface area contributed by atoms with Gasteiger partial charge in [-0.25, -0.2) is 0 Å². The lowest BCUT2D eigenvalue weighted by Crippen LogP contribution is -2.53. The van der Waals surface area contributed by atoms with Gasteiger partial charge in [0.2, 0.25) is 0 Å². The second kappa shape index (κ2) is 6.38. The van der Waals surface area contributed by atoms with Crippen molar-refractivity contribution in [3.63, 3.8) is 0 Å². The number of hydrogen-bond donors (Lipinski definition) is 0. The molecule has 0 aliphatic carbocycles. The second-order valence-electron chi connectivity index (χ2n) is 6.01. The molecule has 0 spiro atoms. The number of amides is 2. The zero-order valence-corrected chi connectivity index (χ0v) is 14.2. The van der Waals surface area contributed by atoms with Crippen LogP contribution in [0.15, 0.2) is 24.3 Å². The Morgan fingerprint density at radius 3 is 2.23 bits per heavy atom. The highest BCUT2D eigenvalue weighted by Gasteiger charge is 2.45. The molecule has 120 valence electrons. The highest BCUT2D eigenvalue weighted by atomic mass is 16.5. The molecule has 2 amide bonds. The topological polar surface area (TPSA) is 41.8 Å². The summed E-state index contributed by atoms with van der Waals surface area (Å²) in [6.45, 7) is 9.80. The molecule has 0 aromatic heterocycles. The first kappa shape index (κ1) is 16.3. The molecule has 1 aromatic carbocycles. The van der Waals surface area contributed by atoms with Crippen molar-refractivity contribution >= 4 is 11.9 Å². The number of urea groups is 1. The van der Waals surface area contributed by atoms with E-state index in [2.05, 4.69) is 0 Å². The summed E-state index contributed by atoms with van der Waals surface area (Å²) in [6.07, 6.45) is -0.409. The van der Waals surface area contributed by atoms with Crippen LogP contribution in [-0.2, 0) is 4.74 Å². The quantitative estimate of drug-likeness (QED) is 0.801. The first-order valence-corrected chi connectivity index (χ1v) is 7.62. The summed E-state index contributed by atoms with van der Waals surface area (Å²) in [4.78, 5) is 14.6. The van der Waals surface area contributed by atoms with Crippen molar-refractivity contribution in [2.75, 3.05) is 7.11 Å². The van der Waals surface area contributed by atoms with Gasteiger partial charge in [0.15, 0.2) is 0 Å². The molecule has 0 radical (unpaired) electrons. The van der Waals surface area contributed by atoms with Gasteiger partial charge in [0, 0.05) is 12.5 Å². The Labute approximate surface area is 132 Å². The molecular formula is C17H25N2O3+. The van der Waals surface area contributed by atoms with Crippen molar-refractivity contribution in [2.45, 2.75) is 52.9 Å². The molecule has 1 aromatic rings. The van der Waals surface area contributed by atoms with Crippen molar-refractivity contribution in [3.8, 4) is 5.75 Å². The van der Waals surface area contributed by atoms with Crippen LogP contribution in [0.5, 0.6) is 5.75 Å². The Bertz CT molecular complexity index is 576. The molecule has 0 N–H and O–H groups in total. The third-order valence-electron chi connectivity index (χ3n) is 3.77. The minimum Gasteiger partial charge on any atom is -0.497 e. The number of rotatable bonds is 4. The van der Waals surface area contributed by atoms with Crippen LogP contribution in [0.4, 0.5) is 4.79 Å². The Hall–Kier alpha value is -2.04. The molecule has 1 atom stereocenters. The summed E-state index contributed by atoms with van der Waals surface area (Å²) in [6, 6.07) is 7.71. The lowest BCUT2D eigenvalue weighted by atomic mass is 10.1. The van der Waals surface area contributed by atoms with Crippen molar-refractivity contribution in [1.29, 1.82) is 0 Å². The average Bonchev–Trinajstić information content (AvgIpc) is 2.45. The Balaban J connectivity index is 2.43. The summed E-state index contributed by atoms with van der Waals surface area (Å²) in [5.74, 6) is 1.42. The van der Waals surface area contributed by atoms with E-state index in [9.17, 15) is 4.79 Å². The predicted octanol–water partition coefficient (Wildman–Crippen LogP) is 3.39. The van der Waals surface area contributed by atoms with Crippen LogP contribution in [0.2, 0.25) is 0 Å². The fraction of sp³-hybridized carbons (Fsp3) is 0.529. The van der Waals surface area contributed by atoms with Crippen LogP contribution < -0.4 is 4.74 Å². The highest BCUT2D eigenvalue weighted by molar-refractivity contribution is 5.80. The molecule has 0 saturated heterocycles. The predicted molar refractivity (Wildman–Crippen MR) is 85.3 cm³/mol. The van der Waals surface area contributed by atoms with Gasteiger partial charge in [-0.05, 0) is 52.0 Å². The zero-order valence-electron chi connectivity index (χ0n) is 14.2. The summed E-state index contributed by atoms with van der Waals surface area (Å²) in [7, 11) is 1.63. The minimum atomic E-state index is -0.409. The van der Waals surface area contributed by atoms with E-state index in [0.29, 0.717) is 5.90 Å². The third-order valence-corrected chi connectivity index (χ3v) is 3.77. The monoisotopic (exact) mass is 305 g/mol. The maximum Gasteiger partial charge on any atom is 0.499 e. The molecule has 1 heterocycles. The third kappa shape index (κ3) is 2.93. The first-order valence-electron chi connectivity index (χ1n) is 7.62. The number of hydrogen-bond acceptors (Lipinski definition) is 3. The maximum absolute atomic E-state index is 12.9. The largest absolute Gasteiger partial charge is 0.499 e. The first-order chi connectivity index (χ1) is 10.4. The SMILES string of the molecule is COc1ccc(C2OC(C)=[N+](C(C)C)C(=O)N2C(C)C)cc1. The van der Waals surface area contributed by atoms with Crippen molar-refractivity contribution in [2.24, 2.45) is 0 Å². The fourth-order valence-electron chi connectivity index (χ4n) is 2.71. The molecule has 1 aliphatic rings. The van der Waals surface area contributed by atoms with E-state index >= 15 is 0 Å². The van der Waals surface area contributed by atoms with Crippen LogP contribution >= 0.6 is 0 Å². The molecular weight excluding hydrogens is 280 g/mol. The van der Waals surface area contributed by atoms with E-state index in [1.807, 2.05) is 58.9 Å². The summed E-state index contributed by atoms with van der Waals surface area (Å²) >= 11 is 0. The number of nitrogens with zero attached hydrogens (tertiary/aromatic N) is 2. The van der Waals surface area contributed by atoms with Gasteiger partial charge in [-0.2, -0.15) is 14.3 Å². The van der Waals surface area contributed by atoms with E-state index in [1.165, 1.54) is 0 Å². The van der Waals surface area contributed by atoms with Gasteiger partial charge < -0.3 is 9.47 Å². The van der Waals surface area contributed by atoms with Crippen LogP contribution in [0.1, 0.15) is 46.4 Å². The van der Waals surface area contributed by atoms with Gasteiger partial charge in [0.05, 0.1) is 13.2 Å². The smallest absolute Gasteiger partial charge is 0.497 e. The Morgan fingerprint density at radius 2 is 1.77 bits per heavy atom. The van der Waals surface area contributed by atoms with Gasteiger partial charge in [0.25, 0.3) is 12.1 Å². The van der Waals surface area contributed by atoms with E-state index in [1.54, 1.807) is 16.6 Å². The number of ether oxygens (including phenoxy) is 2.